The minimum Gasteiger partial charge on any atom is -0.482 e. The van der Waals surface area contributed by atoms with E-state index in [2.05, 4.69) is 197 Å². The molecule has 0 amide bonds. The van der Waals surface area contributed by atoms with Crippen LogP contribution in [0.2, 0.25) is 0 Å². The van der Waals surface area contributed by atoms with E-state index in [0.717, 1.165) is 84.7 Å². The molecule has 1 atom stereocenters. The van der Waals surface area contributed by atoms with Gasteiger partial charge in [-0.3, -0.25) is 0 Å². The molecule has 13 rings (SSSR count). The van der Waals surface area contributed by atoms with Gasteiger partial charge in [-0.25, -0.2) is 0 Å². The minimum absolute atomic E-state index is 0.0941. The van der Waals surface area contributed by atoms with Crippen molar-refractivity contribution in [2.75, 3.05) is 4.90 Å². The van der Waals surface area contributed by atoms with Gasteiger partial charge in [-0.05, 0) is 125 Å². The number of furan rings is 1. The highest BCUT2D eigenvalue weighted by Crippen LogP contribution is 2.45. The van der Waals surface area contributed by atoms with Crippen molar-refractivity contribution in [1.29, 1.82) is 0 Å². The Bertz CT molecular complexity index is 3530. The third-order valence-corrected chi connectivity index (χ3v) is 12.6. The van der Waals surface area contributed by atoms with Crippen molar-refractivity contribution in [2.45, 2.75) is 12.5 Å². The normalized spacial score (nSPS) is 16.9. The summed E-state index contributed by atoms with van der Waals surface area (Å²) in [6.07, 6.45) is 27.0. The molecule has 4 heteroatoms. The van der Waals surface area contributed by atoms with E-state index in [0.29, 0.717) is 0 Å². The summed E-state index contributed by atoms with van der Waals surface area (Å²) in [5.74, 6) is 0.925. The van der Waals surface area contributed by atoms with Gasteiger partial charge in [0.05, 0.1) is 16.9 Å². The first-order valence-electron chi connectivity index (χ1n) is 20.9. The van der Waals surface area contributed by atoms with Crippen LogP contribution in [0.25, 0.3) is 72.5 Å². The Hall–Kier alpha value is -8.04. The highest BCUT2D eigenvalue weighted by molar-refractivity contribution is 6.07. The van der Waals surface area contributed by atoms with Crippen molar-refractivity contribution in [3.05, 3.63) is 234 Å². The van der Waals surface area contributed by atoms with Gasteiger partial charge in [0.1, 0.15) is 23.0 Å². The maximum Gasteiger partial charge on any atom is 0.136 e. The number of allylic oxidation sites excluding steroid dienone is 11. The van der Waals surface area contributed by atoms with E-state index in [9.17, 15) is 0 Å². The molecule has 4 bridgehead atoms. The fraction of sp³-hybridized carbons (Fsp3) is 0.0351. The second kappa shape index (κ2) is 13.2. The average Bonchev–Trinajstić information content (AvgIpc) is 3.48. The lowest BCUT2D eigenvalue weighted by Gasteiger charge is -2.30. The van der Waals surface area contributed by atoms with Crippen molar-refractivity contribution in [3.8, 4) is 22.6 Å². The second-order valence-electron chi connectivity index (χ2n) is 16.1. The summed E-state index contributed by atoms with van der Waals surface area (Å²) in [6, 6.07) is 45.8. The molecule has 2 aliphatic heterocycles. The second-order valence-corrected chi connectivity index (χ2v) is 16.1. The first-order chi connectivity index (χ1) is 30.2. The molecule has 0 radical (unpaired) electrons. The smallest absolute Gasteiger partial charge is 0.136 e. The molecule has 0 spiro atoms. The molecular formula is C57H36N2O2. The van der Waals surface area contributed by atoms with E-state index in [-0.39, 0.29) is 6.10 Å². The van der Waals surface area contributed by atoms with Gasteiger partial charge in [0.25, 0.3) is 0 Å². The number of rotatable bonds is 4. The van der Waals surface area contributed by atoms with E-state index >= 15 is 0 Å². The van der Waals surface area contributed by atoms with Crippen molar-refractivity contribution in [2.24, 2.45) is 0 Å². The molecule has 5 aliphatic rings. The standard InChI is InChI=1S/C57H36N2O2/c1-2-16-47-50-33-38(39-24-28-57-51(34-39)48-17-7-9-20-56(48)61-57)23-27-54(50)59(52(47)18-3-1)44-14-10-13-43(35-44)58-42-12-5-4-11-40(30-42)49-32-37(22-26-53(49)58)36-21-25-45-31-41(29-36)46-15-6-8-19-55(46)60-45/h1-17,19-29,31-35,45H,18H2. The quantitative estimate of drug-likeness (QED) is 0.167. The third kappa shape index (κ3) is 5.40. The molecule has 0 N–H and O–H groups in total. The highest BCUT2D eigenvalue weighted by Gasteiger charge is 2.26. The fourth-order valence-electron chi connectivity index (χ4n) is 9.73. The first-order valence-corrected chi connectivity index (χ1v) is 20.9. The van der Waals surface area contributed by atoms with Gasteiger partial charge in [-0.1, -0.05) is 109 Å². The summed E-state index contributed by atoms with van der Waals surface area (Å²) >= 11 is 0. The molecule has 61 heavy (non-hydrogen) atoms. The van der Waals surface area contributed by atoms with Crippen LogP contribution in [0.4, 0.5) is 11.4 Å². The van der Waals surface area contributed by atoms with E-state index < -0.39 is 0 Å². The van der Waals surface area contributed by atoms with Crippen LogP contribution in [0, 0.1) is 0 Å². The molecule has 0 saturated heterocycles. The van der Waals surface area contributed by atoms with Crippen LogP contribution in [0.1, 0.15) is 27.9 Å². The summed E-state index contributed by atoms with van der Waals surface area (Å²) in [7, 11) is 0. The number of para-hydroxylation sites is 2. The van der Waals surface area contributed by atoms with Crippen LogP contribution < -0.4 is 9.64 Å². The molecule has 3 aliphatic carbocycles. The number of ether oxygens (including phenoxy) is 1. The number of anilines is 2. The Morgan fingerprint density at radius 3 is 2.39 bits per heavy atom. The zero-order valence-electron chi connectivity index (χ0n) is 33.0. The molecule has 8 aromatic rings. The lowest BCUT2D eigenvalue weighted by atomic mass is 9.93. The summed E-state index contributed by atoms with van der Waals surface area (Å²) in [6.45, 7) is 0. The van der Waals surface area contributed by atoms with Crippen LogP contribution in [0.15, 0.2) is 210 Å². The zero-order valence-corrected chi connectivity index (χ0v) is 33.0. The Morgan fingerprint density at radius 1 is 0.590 bits per heavy atom. The van der Waals surface area contributed by atoms with Gasteiger partial charge in [-0.15, -0.1) is 0 Å². The lowest BCUT2D eigenvalue weighted by Crippen LogP contribution is -2.19. The lowest BCUT2D eigenvalue weighted by molar-refractivity contribution is 0.292. The number of benzene rings is 6. The predicted molar refractivity (Wildman–Crippen MR) is 251 cm³/mol. The van der Waals surface area contributed by atoms with Gasteiger partial charge in [0.15, 0.2) is 0 Å². The number of fused-ring (bicyclic) bond motifs is 11. The topological polar surface area (TPSA) is 30.5 Å². The van der Waals surface area contributed by atoms with Crippen LogP contribution in [-0.2, 0) is 6.42 Å². The van der Waals surface area contributed by atoms with Crippen LogP contribution in [0.5, 0.6) is 5.75 Å². The summed E-state index contributed by atoms with van der Waals surface area (Å²) in [5.41, 5.74) is 22.8. The number of hydrogen-bond donors (Lipinski definition) is 0. The van der Waals surface area contributed by atoms with Crippen molar-refractivity contribution >= 4 is 67.0 Å². The van der Waals surface area contributed by atoms with E-state index in [1.54, 1.807) is 0 Å². The van der Waals surface area contributed by atoms with Gasteiger partial charge < -0.3 is 18.6 Å². The number of hydrogen-bond acceptors (Lipinski definition) is 3. The maximum atomic E-state index is 6.28. The molecule has 6 aromatic carbocycles. The Labute approximate surface area is 352 Å². The third-order valence-electron chi connectivity index (χ3n) is 12.6. The molecular weight excluding hydrogens is 745 g/mol. The van der Waals surface area contributed by atoms with E-state index in [1.807, 2.05) is 18.2 Å². The summed E-state index contributed by atoms with van der Waals surface area (Å²) in [5, 5.41) is 3.51. The highest BCUT2D eigenvalue weighted by atomic mass is 16.5. The van der Waals surface area contributed by atoms with Crippen LogP contribution in [0.3, 0.4) is 0 Å². The molecule has 1 unspecified atom stereocenters. The summed E-state index contributed by atoms with van der Waals surface area (Å²) in [4.78, 5) is 2.35. The van der Waals surface area contributed by atoms with E-state index in [4.69, 9.17) is 9.15 Å². The minimum atomic E-state index is -0.0941. The fourth-order valence-corrected chi connectivity index (χ4v) is 9.73. The van der Waals surface area contributed by atoms with E-state index in [1.165, 1.54) is 38.9 Å². The molecule has 0 saturated carbocycles. The van der Waals surface area contributed by atoms with Crippen molar-refractivity contribution < 1.29 is 9.15 Å². The molecule has 0 fully saturated rings. The van der Waals surface area contributed by atoms with Crippen LogP contribution >= 0.6 is 0 Å². The van der Waals surface area contributed by atoms with Gasteiger partial charge in [-0.2, -0.15) is 0 Å². The molecule has 2 aromatic heterocycles. The number of aromatic nitrogens is 1. The largest absolute Gasteiger partial charge is 0.482 e. The molecule has 4 heterocycles. The molecule has 286 valence electrons. The average molecular weight is 781 g/mol. The van der Waals surface area contributed by atoms with Gasteiger partial charge in [0.2, 0.25) is 0 Å². The van der Waals surface area contributed by atoms with Gasteiger partial charge >= 0.3 is 0 Å². The van der Waals surface area contributed by atoms with Crippen molar-refractivity contribution in [1.82, 2.24) is 4.57 Å². The maximum absolute atomic E-state index is 6.28. The number of nitrogens with zero attached hydrogens (tertiary/aromatic N) is 2. The SMILES string of the molecule is C1=C2C=CC=CC=1N(c1cccc(-n3c4c(c5cc(-c6ccc7oc8ccccc8c7c6)ccc53)C=CC=CC4)c1)c1ccc(C3=CC4=CC(C=C3)Oc3ccccc34)cc12. The Balaban J connectivity index is 0.918. The predicted octanol–water partition coefficient (Wildman–Crippen LogP) is 14.3. The van der Waals surface area contributed by atoms with Crippen LogP contribution in [-0.4, -0.2) is 10.7 Å². The Morgan fingerprint density at radius 2 is 1.41 bits per heavy atom. The van der Waals surface area contributed by atoms with Gasteiger partial charge in [0, 0.05) is 61.9 Å². The zero-order chi connectivity index (χ0) is 40.0. The Kier molecular flexibility index (Phi) is 7.35. The monoisotopic (exact) mass is 780 g/mol. The molecule has 4 nitrogen and oxygen atoms in total. The summed E-state index contributed by atoms with van der Waals surface area (Å²) < 4.78 is 14.9. The van der Waals surface area contributed by atoms with Crippen molar-refractivity contribution in [3.63, 3.8) is 0 Å². The first kappa shape index (κ1) is 33.9.